The lowest BCUT2D eigenvalue weighted by molar-refractivity contribution is 0.0696. The molecule has 3 aromatic carbocycles. The lowest BCUT2D eigenvalue weighted by atomic mass is 10.1. The molecule has 4 N–H and O–H groups in total. The van der Waals surface area contributed by atoms with Crippen molar-refractivity contribution in [3.63, 3.8) is 0 Å². The van der Waals surface area contributed by atoms with Gasteiger partial charge in [0, 0.05) is 41.5 Å². The number of carbonyl (C=O) groups is 2. The SMILES string of the molecule is Nc1cc(NC(=O)c2cn(-c3ccc(C(=O)O)cc3)nc2-c2ccccc2)cc(Oc2cccnc2)c1. The van der Waals surface area contributed by atoms with Gasteiger partial charge in [0.1, 0.15) is 17.2 Å². The van der Waals surface area contributed by atoms with E-state index >= 15 is 0 Å². The standard InChI is InChI=1S/C28H21N5O4/c29-20-13-21(15-24(14-20)37-23-7-4-12-30-16-23)31-27(34)25-17-33(22-10-8-19(9-11-22)28(35)36)32-26(25)18-5-2-1-3-6-18/h1-17H,29H2,(H,31,34)(H,35,36). The first-order valence-electron chi connectivity index (χ1n) is 11.2. The Morgan fingerprint density at radius 2 is 1.70 bits per heavy atom. The Balaban J connectivity index is 1.47. The zero-order valence-electron chi connectivity index (χ0n) is 19.4. The third-order valence-electron chi connectivity index (χ3n) is 5.44. The van der Waals surface area contributed by atoms with Crippen molar-refractivity contribution in [3.05, 3.63) is 115 Å². The number of benzene rings is 3. The van der Waals surface area contributed by atoms with Crippen molar-refractivity contribution in [1.82, 2.24) is 14.8 Å². The van der Waals surface area contributed by atoms with E-state index in [9.17, 15) is 14.7 Å². The third kappa shape index (κ3) is 5.30. The summed E-state index contributed by atoms with van der Waals surface area (Å²) in [5.74, 6) is -0.441. The highest BCUT2D eigenvalue weighted by atomic mass is 16.5. The smallest absolute Gasteiger partial charge is 0.335 e. The first-order valence-corrected chi connectivity index (χ1v) is 11.2. The van der Waals surface area contributed by atoms with Crippen LogP contribution in [0.25, 0.3) is 16.9 Å². The Morgan fingerprint density at radius 3 is 2.41 bits per heavy atom. The molecule has 37 heavy (non-hydrogen) atoms. The van der Waals surface area contributed by atoms with Crippen LogP contribution in [0.4, 0.5) is 11.4 Å². The van der Waals surface area contributed by atoms with Crippen LogP contribution in [0.3, 0.4) is 0 Å². The number of ether oxygens (including phenoxy) is 1. The van der Waals surface area contributed by atoms with Crippen molar-refractivity contribution < 1.29 is 19.4 Å². The molecule has 0 aliphatic rings. The van der Waals surface area contributed by atoms with E-state index in [4.69, 9.17) is 10.5 Å². The summed E-state index contributed by atoms with van der Waals surface area (Å²) < 4.78 is 7.36. The summed E-state index contributed by atoms with van der Waals surface area (Å²) in [7, 11) is 0. The molecule has 0 spiro atoms. The number of aromatic nitrogens is 3. The number of hydrogen-bond donors (Lipinski definition) is 3. The number of nitrogen functional groups attached to an aromatic ring is 1. The van der Waals surface area contributed by atoms with Crippen LogP contribution in [0.1, 0.15) is 20.7 Å². The summed E-state index contributed by atoms with van der Waals surface area (Å²) in [4.78, 5) is 28.7. The van der Waals surface area contributed by atoms with Gasteiger partial charge in [0.2, 0.25) is 0 Å². The molecule has 0 aliphatic carbocycles. The van der Waals surface area contributed by atoms with E-state index in [1.807, 2.05) is 30.3 Å². The van der Waals surface area contributed by atoms with Crippen molar-refractivity contribution in [2.45, 2.75) is 0 Å². The van der Waals surface area contributed by atoms with Gasteiger partial charge in [-0.3, -0.25) is 9.78 Å². The van der Waals surface area contributed by atoms with E-state index in [-0.39, 0.29) is 5.56 Å². The second-order valence-corrected chi connectivity index (χ2v) is 8.09. The maximum absolute atomic E-state index is 13.4. The number of carbonyl (C=O) groups excluding carboxylic acids is 1. The second-order valence-electron chi connectivity index (χ2n) is 8.09. The lowest BCUT2D eigenvalue weighted by Crippen LogP contribution is -2.12. The summed E-state index contributed by atoms with van der Waals surface area (Å²) in [6.07, 6.45) is 4.82. The molecule has 5 aromatic rings. The van der Waals surface area contributed by atoms with Crippen LogP contribution in [0.2, 0.25) is 0 Å². The number of nitrogens with two attached hydrogens (primary N) is 1. The largest absolute Gasteiger partial charge is 0.478 e. The predicted molar refractivity (Wildman–Crippen MR) is 139 cm³/mol. The number of hydrogen-bond acceptors (Lipinski definition) is 6. The molecule has 9 heteroatoms. The quantitative estimate of drug-likeness (QED) is 0.265. The molecule has 0 saturated carbocycles. The average Bonchev–Trinajstić information content (AvgIpc) is 3.35. The van der Waals surface area contributed by atoms with E-state index in [1.54, 1.807) is 65.7 Å². The minimum atomic E-state index is -1.02. The lowest BCUT2D eigenvalue weighted by Gasteiger charge is -2.10. The molecule has 0 aliphatic heterocycles. The fraction of sp³-hybridized carbons (Fsp3) is 0. The second kappa shape index (κ2) is 10.0. The molecule has 182 valence electrons. The summed E-state index contributed by atoms with van der Waals surface area (Å²) in [5, 5.41) is 16.7. The van der Waals surface area contributed by atoms with E-state index < -0.39 is 11.9 Å². The van der Waals surface area contributed by atoms with Crippen molar-refractivity contribution in [3.8, 4) is 28.4 Å². The number of amides is 1. The van der Waals surface area contributed by atoms with Gasteiger partial charge in [0.15, 0.2) is 0 Å². The van der Waals surface area contributed by atoms with E-state index in [0.717, 1.165) is 5.56 Å². The van der Waals surface area contributed by atoms with Gasteiger partial charge >= 0.3 is 5.97 Å². The minimum Gasteiger partial charge on any atom is -0.478 e. The Hall–Kier alpha value is -5.44. The van der Waals surface area contributed by atoms with E-state index in [2.05, 4.69) is 15.4 Å². The molecule has 9 nitrogen and oxygen atoms in total. The first-order chi connectivity index (χ1) is 18.0. The molecule has 5 rings (SSSR count). The van der Waals surface area contributed by atoms with Crippen molar-refractivity contribution in [2.75, 3.05) is 11.1 Å². The fourth-order valence-electron chi connectivity index (χ4n) is 3.73. The molecule has 0 bridgehead atoms. The maximum atomic E-state index is 13.4. The number of nitrogens with zero attached hydrogens (tertiary/aromatic N) is 3. The van der Waals surface area contributed by atoms with Crippen LogP contribution in [0.5, 0.6) is 11.5 Å². The molecule has 0 atom stereocenters. The van der Waals surface area contributed by atoms with Gasteiger partial charge < -0.3 is 20.9 Å². The van der Waals surface area contributed by atoms with Crippen molar-refractivity contribution in [1.29, 1.82) is 0 Å². The monoisotopic (exact) mass is 491 g/mol. The Morgan fingerprint density at radius 1 is 0.919 bits per heavy atom. The average molecular weight is 492 g/mol. The molecule has 2 aromatic heterocycles. The normalized spacial score (nSPS) is 10.6. The van der Waals surface area contributed by atoms with Gasteiger partial charge in [-0.2, -0.15) is 5.10 Å². The van der Waals surface area contributed by atoms with Crippen LogP contribution < -0.4 is 15.8 Å². The molecule has 0 saturated heterocycles. The minimum absolute atomic E-state index is 0.156. The summed E-state index contributed by atoms with van der Waals surface area (Å²) >= 11 is 0. The van der Waals surface area contributed by atoms with Crippen LogP contribution in [-0.4, -0.2) is 31.7 Å². The van der Waals surface area contributed by atoms with Gasteiger partial charge in [0.05, 0.1) is 23.0 Å². The molecule has 2 heterocycles. The Kier molecular flexibility index (Phi) is 6.33. The van der Waals surface area contributed by atoms with E-state index in [0.29, 0.717) is 39.8 Å². The van der Waals surface area contributed by atoms with Gasteiger partial charge in [-0.1, -0.05) is 30.3 Å². The number of rotatable bonds is 7. The van der Waals surface area contributed by atoms with Crippen LogP contribution >= 0.6 is 0 Å². The highest BCUT2D eigenvalue weighted by molar-refractivity contribution is 6.08. The molecular weight excluding hydrogens is 470 g/mol. The predicted octanol–water partition coefficient (Wildman–Crippen LogP) is 5.26. The zero-order valence-corrected chi connectivity index (χ0v) is 19.4. The number of carboxylic acids is 1. The first kappa shape index (κ1) is 23.3. The fourth-order valence-corrected chi connectivity index (χ4v) is 3.73. The molecule has 0 unspecified atom stereocenters. The summed E-state index contributed by atoms with van der Waals surface area (Å²) in [5.41, 5.74) is 9.22. The Bertz CT molecular complexity index is 1570. The van der Waals surface area contributed by atoms with Gasteiger partial charge in [-0.05, 0) is 42.5 Å². The van der Waals surface area contributed by atoms with Crippen molar-refractivity contribution >= 4 is 23.3 Å². The number of nitrogens with one attached hydrogen (secondary N) is 1. The maximum Gasteiger partial charge on any atom is 0.335 e. The van der Waals surface area contributed by atoms with Crippen LogP contribution in [0, 0.1) is 0 Å². The van der Waals surface area contributed by atoms with Gasteiger partial charge in [-0.25, -0.2) is 9.48 Å². The number of anilines is 2. The summed E-state index contributed by atoms with van der Waals surface area (Å²) in [6.45, 7) is 0. The molecular formula is C28H21N5O4. The van der Waals surface area contributed by atoms with E-state index in [1.165, 1.54) is 12.1 Å². The molecule has 1 amide bonds. The summed E-state index contributed by atoms with van der Waals surface area (Å²) in [6, 6.07) is 24.0. The van der Waals surface area contributed by atoms with Gasteiger partial charge in [0.25, 0.3) is 5.91 Å². The number of aromatic carboxylic acids is 1. The highest BCUT2D eigenvalue weighted by Crippen LogP contribution is 2.29. The van der Waals surface area contributed by atoms with Crippen molar-refractivity contribution in [2.24, 2.45) is 0 Å². The highest BCUT2D eigenvalue weighted by Gasteiger charge is 2.19. The topological polar surface area (TPSA) is 132 Å². The third-order valence-corrected chi connectivity index (χ3v) is 5.44. The molecule has 0 radical (unpaired) electrons. The number of pyridine rings is 1. The number of carboxylic acid groups (broad SMARTS) is 1. The van der Waals surface area contributed by atoms with Gasteiger partial charge in [-0.15, -0.1) is 0 Å². The molecule has 0 fully saturated rings. The Labute approximate surface area is 211 Å². The van der Waals surface area contributed by atoms with Crippen LogP contribution in [-0.2, 0) is 0 Å². The zero-order chi connectivity index (χ0) is 25.8. The van der Waals surface area contributed by atoms with Crippen LogP contribution in [0.15, 0.2) is 104 Å².